The Bertz CT molecular complexity index is 1360. The SMILES string of the molecule is COC(=O)CC1CCN(C(=O)c2ccc(Cl)c(Cc3cn(C)c4cc(C(F)(F)F)cc(C)c34)c2Cl)CC1. The van der Waals surface area contributed by atoms with E-state index >= 15 is 0 Å². The number of alkyl halides is 3. The number of carbonyl (C=O) groups is 2. The number of piperidine rings is 1. The molecule has 2 aromatic carbocycles. The highest BCUT2D eigenvalue weighted by atomic mass is 35.5. The van der Waals surface area contributed by atoms with E-state index in [1.807, 2.05) is 0 Å². The van der Waals surface area contributed by atoms with Crippen molar-refractivity contribution in [2.24, 2.45) is 13.0 Å². The van der Waals surface area contributed by atoms with Gasteiger partial charge in [0.1, 0.15) is 0 Å². The number of aromatic nitrogens is 1. The van der Waals surface area contributed by atoms with Gasteiger partial charge in [0.05, 0.1) is 23.3 Å². The summed E-state index contributed by atoms with van der Waals surface area (Å²) in [7, 11) is 3.05. The molecule has 10 heteroatoms. The molecule has 0 saturated carbocycles. The Morgan fingerprint density at radius 2 is 1.81 bits per heavy atom. The number of esters is 1. The molecule has 0 spiro atoms. The summed E-state index contributed by atoms with van der Waals surface area (Å²) in [5.74, 6) is -0.308. The van der Waals surface area contributed by atoms with Crippen LogP contribution >= 0.6 is 23.2 Å². The Morgan fingerprint density at radius 1 is 1.14 bits per heavy atom. The molecule has 1 aromatic heterocycles. The van der Waals surface area contributed by atoms with Gasteiger partial charge >= 0.3 is 12.1 Å². The van der Waals surface area contributed by atoms with Gasteiger partial charge in [0.15, 0.2) is 0 Å². The molecular weight excluding hydrogens is 528 g/mol. The monoisotopic (exact) mass is 554 g/mol. The van der Waals surface area contributed by atoms with Gasteiger partial charge in [-0.25, -0.2) is 0 Å². The molecule has 0 unspecified atom stereocenters. The molecule has 1 amide bonds. The molecule has 0 aliphatic carbocycles. The minimum Gasteiger partial charge on any atom is -0.469 e. The first-order chi connectivity index (χ1) is 17.4. The van der Waals surface area contributed by atoms with Crippen molar-refractivity contribution < 1.29 is 27.5 Å². The lowest BCUT2D eigenvalue weighted by Gasteiger charge is -2.32. The van der Waals surface area contributed by atoms with Crippen molar-refractivity contribution in [1.29, 1.82) is 0 Å². The molecule has 1 saturated heterocycles. The molecule has 1 fully saturated rings. The van der Waals surface area contributed by atoms with Crippen LogP contribution < -0.4 is 0 Å². The summed E-state index contributed by atoms with van der Waals surface area (Å²) in [6.45, 7) is 2.64. The number of hydrogen-bond acceptors (Lipinski definition) is 3. The van der Waals surface area contributed by atoms with Gasteiger partial charge in [-0.1, -0.05) is 23.2 Å². The predicted molar refractivity (Wildman–Crippen MR) is 137 cm³/mol. The van der Waals surface area contributed by atoms with Crippen LogP contribution in [-0.2, 0) is 29.2 Å². The van der Waals surface area contributed by atoms with Gasteiger partial charge in [-0.2, -0.15) is 13.2 Å². The van der Waals surface area contributed by atoms with E-state index in [0.717, 1.165) is 17.7 Å². The van der Waals surface area contributed by atoms with Gasteiger partial charge in [0.25, 0.3) is 5.91 Å². The van der Waals surface area contributed by atoms with E-state index in [1.54, 1.807) is 41.8 Å². The zero-order valence-electron chi connectivity index (χ0n) is 20.7. The highest BCUT2D eigenvalue weighted by Gasteiger charge is 2.32. The summed E-state index contributed by atoms with van der Waals surface area (Å²) in [6, 6.07) is 5.50. The van der Waals surface area contributed by atoms with Gasteiger partial charge in [-0.15, -0.1) is 0 Å². The van der Waals surface area contributed by atoms with Crippen molar-refractivity contribution >= 4 is 46.0 Å². The summed E-state index contributed by atoms with van der Waals surface area (Å²) < 4.78 is 46.5. The summed E-state index contributed by atoms with van der Waals surface area (Å²) in [6.07, 6.45) is -0.714. The molecule has 3 aromatic rings. The summed E-state index contributed by atoms with van der Waals surface area (Å²) >= 11 is 13.2. The number of likely N-dealkylation sites (tertiary alicyclic amines) is 1. The fourth-order valence-electron chi connectivity index (χ4n) is 5.07. The van der Waals surface area contributed by atoms with Crippen molar-refractivity contribution in [2.75, 3.05) is 20.2 Å². The van der Waals surface area contributed by atoms with Gasteiger partial charge in [-0.3, -0.25) is 9.59 Å². The molecule has 0 atom stereocenters. The third-order valence-electron chi connectivity index (χ3n) is 7.06. The number of ether oxygens (including phenoxy) is 1. The number of methoxy groups -OCH3 is 1. The second-order valence-corrected chi connectivity index (χ2v) is 10.3. The average Bonchev–Trinajstić information content (AvgIpc) is 3.17. The van der Waals surface area contributed by atoms with Crippen molar-refractivity contribution in [3.05, 3.63) is 68.3 Å². The Kier molecular flexibility index (Phi) is 7.81. The Morgan fingerprint density at radius 3 is 2.43 bits per heavy atom. The molecule has 5 nitrogen and oxygen atoms in total. The molecule has 0 radical (unpaired) electrons. The molecular formula is C27H27Cl2F3N2O3. The van der Waals surface area contributed by atoms with Crippen molar-refractivity contribution in [3.63, 3.8) is 0 Å². The maximum atomic E-state index is 13.4. The first kappa shape index (κ1) is 27.3. The van der Waals surface area contributed by atoms with E-state index in [0.29, 0.717) is 65.0 Å². The van der Waals surface area contributed by atoms with E-state index in [2.05, 4.69) is 0 Å². The maximum Gasteiger partial charge on any atom is 0.416 e. The van der Waals surface area contributed by atoms with Crippen molar-refractivity contribution in [2.45, 2.75) is 38.8 Å². The number of amides is 1. The van der Waals surface area contributed by atoms with Crippen LogP contribution in [0.15, 0.2) is 30.5 Å². The fraction of sp³-hybridized carbons (Fsp3) is 0.407. The first-order valence-corrected chi connectivity index (χ1v) is 12.6. The van der Waals surface area contributed by atoms with Gasteiger partial charge in [0.2, 0.25) is 0 Å². The van der Waals surface area contributed by atoms with Crippen molar-refractivity contribution in [1.82, 2.24) is 9.47 Å². The second kappa shape index (κ2) is 10.6. The highest BCUT2D eigenvalue weighted by Crippen LogP contribution is 2.38. The number of carbonyl (C=O) groups excluding carboxylic acids is 2. The number of hydrogen-bond donors (Lipinski definition) is 0. The molecule has 37 heavy (non-hydrogen) atoms. The van der Waals surface area contributed by atoms with E-state index in [9.17, 15) is 22.8 Å². The molecule has 0 bridgehead atoms. The zero-order valence-corrected chi connectivity index (χ0v) is 22.2. The van der Waals surface area contributed by atoms with Gasteiger partial charge in [0, 0.05) is 55.1 Å². The van der Waals surface area contributed by atoms with E-state index < -0.39 is 11.7 Å². The lowest BCUT2D eigenvalue weighted by Crippen LogP contribution is -2.39. The summed E-state index contributed by atoms with van der Waals surface area (Å²) in [5.41, 5.74) is 1.88. The molecule has 198 valence electrons. The van der Waals surface area contributed by atoms with Crippen molar-refractivity contribution in [3.8, 4) is 0 Å². The quantitative estimate of drug-likeness (QED) is 0.325. The topological polar surface area (TPSA) is 51.5 Å². The third-order valence-corrected chi connectivity index (χ3v) is 7.85. The Labute approximate surface area is 223 Å². The van der Waals surface area contributed by atoms with E-state index in [4.69, 9.17) is 27.9 Å². The number of benzene rings is 2. The molecule has 1 aliphatic rings. The van der Waals surface area contributed by atoms with E-state index in [1.165, 1.54) is 7.11 Å². The average molecular weight is 555 g/mol. The smallest absolute Gasteiger partial charge is 0.416 e. The normalized spacial score (nSPS) is 14.9. The van der Waals surface area contributed by atoms with Crippen LogP contribution in [-0.4, -0.2) is 41.5 Å². The molecule has 4 rings (SSSR count). The standard InChI is InChI=1S/C27H27Cl2F3N2O3/c1-15-10-18(27(30,31)32)13-22-24(15)17(14-33(22)2)12-20-21(28)5-4-19(25(20)29)26(36)34-8-6-16(7-9-34)11-23(35)37-3/h4-5,10,13-14,16H,6-9,11-12H2,1-3H3. The van der Waals surface area contributed by atoms with Crippen LogP contribution in [0.2, 0.25) is 10.0 Å². The fourth-order valence-corrected chi connectivity index (χ4v) is 5.66. The van der Waals surface area contributed by atoms with Crippen LogP contribution in [0.25, 0.3) is 10.9 Å². The maximum absolute atomic E-state index is 13.4. The number of halogens is 5. The molecule has 0 N–H and O–H groups in total. The van der Waals surface area contributed by atoms with Gasteiger partial charge < -0.3 is 14.2 Å². The van der Waals surface area contributed by atoms with Gasteiger partial charge in [-0.05, 0) is 66.6 Å². The minimum absolute atomic E-state index is 0.167. The van der Waals surface area contributed by atoms with Crippen LogP contribution in [0.5, 0.6) is 0 Å². The number of aryl methyl sites for hydroxylation is 2. The first-order valence-electron chi connectivity index (χ1n) is 11.9. The summed E-state index contributed by atoms with van der Waals surface area (Å²) in [4.78, 5) is 26.6. The largest absolute Gasteiger partial charge is 0.469 e. The second-order valence-electron chi connectivity index (χ2n) is 9.53. The summed E-state index contributed by atoms with van der Waals surface area (Å²) in [5, 5.41) is 1.31. The lowest BCUT2D eigenvalue weighted by atomic mass is 9.93. The Balaban J connectivity index is 1.61. The molecule has 2 heterocycles. The van der Waals surface area contributed by atoms with E-state index in [-0.39, 0.29) is 29.2 Å². The predicted octanol–water partition coefficient (Wildman–Crippen LogP) is 6.82. The molecule has 1 aliphatic heterocycles. The lowest BCUT2D eigenvalue weighted by molar-refractivity contribution is -0.142. The number of rotatable bonds is 5. The van der Waals surface area contributed by atoms with Crippen LogP contribution in [0.1, 0.15) is 51.9 Å². The van der Waals surface area contributed by atoms with Crippen LogP contribution in [0.4, 0.5) is 13.2 Å². The number of fused-ring (bicyclic) bond motifs is 1. The highest BCUT2D eigenvalue weighted by molar-refractivity contribution is 6.38. The minimum atomic E-state index is -4.45. The number of nitrogens with zero attached hydrogens (tertiary/aromatic N) is 2. The third kappa shape index (κ3) is 5.60. The zero-order chi connectivity index (χ0) is 27.1. The Hall–Kier alpha value is -2.71. The van der Waals surface area contributed by atoms with Crippen LogP contribution in [0, 0.1) is 12.8 Å². The van der Waals surface area contributed by atoms with Crippen LogP contribution in [0.3, 0.4) is 0 Å².